The molecule has 0 aromatic carbocycles. The van der Waals surface area contributed by atoms with Crippen LogP contribution in [0.3, 0.4) is 0 Å². The highest BCUT2D eigenvalue weighted by Crippen LogP contribution is 2.25. The van der Waals surface area contributed by atoms with Crippen molar-refractivity contribution in [2.24, 2.45) is 0 Å². The van der Waals surface area contributed by atoms with Gasteiger partial charge in [-0.2, -0.15) is 11.8 Å². The Kier molecular flexibility index (Phi) is 4.73. The van der Waals surface area contributed by atoms with Gasteiger partial charge in [0.05, 0.1) is 5.75 Å². The lowest BCUT2D eigenvalue weighted by molar-refractivity contribution is 0.552. The van der Waals surface area contributed by atoms with Gasteiger partial charge in [0.15, 0.2) is 0 Å². The summed E-state index contributed by atoms with van der Waals surface area (Å²) in [7, 11) is -2.84. The van der Waals surface area contributed by atoms with Gasteiger partial charge in [-0.05, 0) is 25.5 Å². The molecule has 0 saturated carbocycles. The molecule has 84 valence electrons. The lowest BCUT2D eigenvalue weighted by Gasteiger charge is -2.15. The van der Waals surface area contributed by atoms with Crippen LogP contribution in [-0.2, 0) is 9.84 Å². The Morgan fingerprint density at radius 3 is 2.79 bits per heavy atom. The molecule has 0 radical (unpaired) electrons. The molecule has 1 aliphatic heterocycles. The topological polar surface area (TPSA) is 46.2 Å². The normalized spacial score (nSPS) is 25.1. The van der Waals surface area contributed by atoms with E-state index in [4.69, 9.17) is 0 Å². The molecule has 2 atom stereocenters. The minimum absolute atomic E-state index is 0.0752. The lowest BCUT2D eigenvalue weighted by Crippen LogP contribution is -2.36. The molecule has 1 fully saturated rings. The fourth-order valence-electron chi connectivity index (χ4n) is 1.65. The number of hydrogen-bond acceptors (Lipinski definition) is 4. The van der Waals surface area contributed by atoms with E-state index in [9.17, 15) is 8.42 Å². The van der Waals surface area contributed by atoms with Crippen LogP contribution in [-0.4, -0.2) is 44.0 Å². The van der Waals surface area contributed by atoms with Crippen molar-refractivity contribution < 1.29 is 8.42 Å². The second kappa shape index (κ2) is 5.37. The zero-order chi connectivity index (χ0) is 10.6. The van der Waals surface area contributed by atoms with Crippen molar-refractivity contribution in [3.8, 4) is 0 Å². The van der Waals surface area contributed by atoms with Gasteiger partial charge in [-0.25, -0.2) is 8.42 Å². The van der Waals surface area contributed by atoms with Gasteiger partial charge < -0.3 is 5.32 Å². The molecule has 0 aromatic rings. The molecule has 1 aliphatic rings. The highest BCUT2D eigenvalue weighted by molar-refractivity contribution is 8.00. The number of rotatable bonds is 5. The molecule has 1 saturated heterocycles. The van der Waals surface area contributed by atoms with Crippen LogP contribution in [0.5, 0.6) is 0 Å². The molecule has 0 aliphatic carbocycles. The first kappa shape index (κ1) is 12.3. The quantitative estimate of drug-likeness (QED) is 0.772. The van der Waals surface area contributed by atoms with Crippen LogP contribution >= 0.6 is 11.8 Å². The van der Waals surface area contributed by atoms with Crippen molar-refractivity contribution >= 4 is 21.6 Å². The van der Waals surface area contributed by atoms with Gasteiger partial charge in [0.2, 0.25) is 0 Å². The molecule has 5 heteroatoms. The minimum atomic E-state index is -2.84. The molecular formula is C9H19NO2S2. The molecule has 0 aromatic heterocycles. The standard InChI is InChI=1S/C9H19NO2S2/c1-8(7-14(2,11)12)10-6-9-4-3-5-13-9/h8-10H,3-7H2,1-2H3. The average Bonchev–Trinajstić information content (AvgIpc) is 2.49. The molecule has 3 nitrogen and oxygen atoms in total. The van der Waals surface area contributed by atoms with Gasteiger partial charge in [0.25, 0.3) is 0 Å². The maximum Gasteiger partial charge on any atom is 0.148 e. The van der Waals surface area contributed by atoms with Gasteiger partial charge in [-0.15, -0.1) is 0 Å². The molecule has 1 N–H and O–H groups in total. The van der Waals surface area contributed by atoms with Gasteiger partial charge in [0, 0.05) is 24.1 Å². The Balaban J connectivity index is 2.17. The fourth-order valence-corrected chi connectivity index (χ4v) is 3.89. The summed E-state index contributed by atoms with van der Waals surface area (Å²) in [5.41, 5.74) is 0. The smallest absolute Gasteiger partial charge is 0.148 e. The van der Waals surface area contributed by atoms with E-state index in [0.29, 0.717) is 5.25 Å². The summed E-state index contributed by atoms with van der Waals surface area (Å²) in [5.74, 6) is 1.50. The van der Waals surface area contributed by atoms with Crippen molar-refractivity contribution in [1.82, 2.24) is 5.32 Å². The van der Waals surface area contributed by atoms with Crippen LogP contribution in [0.1, 0.15) is 19.8 Å². The molecule has 0 bridgehead atoms. The molecule has 0 amide bonds. The third-order valence-electron chi connectivity index (χ3n) is 2.27. The maximum atomic E-state index is 11.0. The van der Waals surface area contributed by atoms with E-state index in [1.165, 1.54) is 24.9 Å². The van der Waals surface area contributed by atoms with Gasteiger partial charge in [-0.3, -0.25) is 0 Å². The van der Waals surface area contributed by atoms with Crippen LogP contribution in [0.25, 0.3) is 0 Å². The van der Waals surface area contributed by atoms with E-state index in [2.05, 4.69) is 5.32 Å². The second-order valence-electron chi connectivity index (χ2n) is 4.04. The summed E-state index contributed by atoms with van der Waals surface area (Å²) < 4.78 is 22.0. The van der Waals surface area contributed by atoms with Gasteiger partial charge in [0.1, 0.15) is 9.84 Å². The average molecular weight is 237 g/mol. The van der Waals surface area contributed by atoms with Gasteiger partial charge in [-0.1, -0.05) is 0 Å². The van der Waals surface area contributed by atoms with Crippen LogP contribution in [0.15, 0.2) is 0 Å². The highest BCUT2D eigenvalue weighted by Gasteiger charge is 2.17. The Bertz CT molecular complexity index is 258. The van der Waals surface area contributed by atoms with Crippen molar-refractivity contribution in [3.05, 3.63) is 0 Å². The van der Waals surface area contributed by atoms with Crippen molar-refractivity contribution in [3.63, 3.8) is 0 Å². The van der Waals surface area contributed by atoms with Gasteiger partial charge >= 0.3 is 0 Å². The summed E-state index contributed by atoms with van der Waals surface area (Å²) >= 11 is 1.99. The first-order chi connectivity index (χ1) is 6.47. The van der Waals surface area contributed by atoms with Crippen LogP contribution in [0, 0.1) is 0 Å². The summed E-state index contributed by atoms with van der Waals surface area (Å²) in [5, 5.41) is 3.97. The highest BCUT2D eigenvalue weighted by atomic mass is 32.2. The molecule has 14 heavy (non-hydrogen) atoms. The Morgan fingerprint density at radius 2 is 2.29 bits per heavy atom. The minimum Gasteiger partial charge on any atom is -0.312 e. The Hall–Kier alpha value is 0.260. The fraction of sp³-hybridized carbons (Fsp3) is 1.00. The van der Waals surface area contributed by atoms with Crippen LogP contribution in [0.2, 0.25) is 0 Å². The van der Waals surface area contributed by atoms with Crippen molar-refractivity contribution in [2.75, 3.05) is 24.3 Å². The number of thioether (sulfide) groups is 1. The molecule has 2 unspecified atom stereocenters. The van der Waals surface area contributed by atoms with Crippen LogP contribution < -0.4 is 5.32 Å². The van der Waals surface area contributed by atoms with Crippen molar-refractivity contribution in [2.45, 2.75) is 31.1 Å². The summed E-state index contributed by atoms with van der Waals surface area (Å²) in [6, 6.07) is 0.0752. The summed E-state index contributed by atoms with van der Waals surface area (Å²) in [6.07, 6.45) is 3.86. The number of sulfone groups is 1. The van der Waals surface area contributed by atoms with Crippen molar-refractivity contribution in [1.29, 1.82) is 0 Å². The SMILES string of the molecule is CC(CS(C)(=O)=O)NCC1CCCS1. The predicted molar refractivity (Wildman–Crippen MR) is 62.7 cm³/mol. The lowest BCUT2D eigenvalue weighted by atomic mass is 10.2. The number of hydrogen-bond donors (Lipinski definition) is 1. The maximum absolute atomic E-state index is 11.0. The molecule has 0 spiro atoms. The first-order valence-electron chi connectivity index (χ1n) is 5.00. The predicted octanol–water partition coefficient (Wildman–Crippen LogP) is 0.905. The molecular weight excluding hydrogens is 218 g/mol. The zero-order valence-electron chi connectivity index (χ0n) is 8.82. The molecule has 1 heterocycles. The third kappa shape index (κ3) is 5.22. The zero-order valence-corrected chi connectivity index (χ0v) is 10.5. The molecule has 1 rings (SSSR count). The monoisotopic (exact) mass is 237 g/mol. The van der Waals surface area contributed by atoms with E-state index in [0.717, 1.165) is 6.54 Å². The van der Waals surface area contributed by atoms with E-state index < -0.39 is 9.84 Å². The first-order valence-corrected chi connectivity index (χ1v) is 8.11. The van der Waals surface area contributed by atoms with E-state index in [-0.39, 0.29) is 11.8 Å². The second-order valence-corrected chi connectivity index (χ2v) is 7.63. The Morgan fingerprint density at radius 1 is 1.57 bits per heavy atom. The number of nitrogens with one attached hydrogen (secondary N) is 1. The van der Waals surface area contributed by atoms with Crippen LogP contribution in [0.4, 0.5) is 0 Å². The summed E-state index contributed by atoms with van der Waals surface area (Å²) in [4.78, 5) is 0. The Labute approximate surface area is 91.0 Å². The summed E-state index contributed by atoms with van der Waals surface area (Å²) in [6.45, 7) is 2.88. The van der Waals surface area contributed by atoms with E-state index in [1.807, 2.05) is 18.7 Å². The third-order valence-corrected chi connectivity index (χ3v) is 4.77. The van der Waals surface area contributed by atoms with E-state index in [1.54, 1.807) is 0 Å². The van der Waals surface area contributed by atoms with E-state index >= 15 is 0 Å². The largest absolute Gasteiger partial charge is 0.312 e.